The number of imidazole rings is 1. The standard InChI is InChI=1S/C16H23N3O2/c1-5-7-14-18-15(16(17)19(14)6-2)11-8-9-12(20-3)13(10-11)21-4/h8-10H,5-7,17H2,1-4H3. The van der Waals surface area contributed by atoms with E-state index in [2.05, 4.69) is 18.4 Å². The van der Waals surface area contributed by atoms with Crippen molar-refractivity contribution in [2.45, 2.75) is 33.2 Å². The van der Waals surface area contributed by atoms with Gasteiger partial charge < -0.3 is 19.8 Å². The molecule has 21 heavy (non-hydrogen) atoms. The predicted octanol–water partition coefficient (Wildman–Crippen LogP) is 3.12. The van der Waals surface area contributed by atoms with Crippen LogP contribution in [0.4, 0.5) is 5.82 Å². The van der Waals surface area contributed by atoms with Gasteiger partial charge in [0.2, 0.25) is 0 Å². The van der Waals surface area contributed by atoms with Crippen LogP contribution in [0.25, 0.3) is 11.3 Å². The maximum Gasteiger partial charge on any atom is 0.161 e. The quantitative estimate of drug-likeness (QED) is 0.887. The van der Waals surface area contributed by atoms with E-state index in [0.717, 1.165) is 36.5 Å². The highest BCUT2D eigenvalue weighted by atomic mass is 16.5. The molecule has 5 heteroatoms. The van der Waals surface area contributed by atoms with E-state index in [0.29, 0.717) is 17.3 Å². The van der Waals surface area contributed by atoms with Gasteiger partial charge in [-0.25, -0.2) is 4.98 Å². The Kier molecular flexibility index (Phi) is 4.73. The average Bonchev–Trinajstić information content (AvgIpc) is 2.82. The molecule has 5 nitrogen and oxygen atoms in total. The van der Waals surface area contributed by atoms with Gasteiger partial charge in [0.05, 0.1) is 14.2 Å². The summed E-state index contributed by atoms with van der Waals surface area (Å²) in [7, 11) is 3.25. The second-order valence-corrected chi connectivity index (χ2v) is 4.83. The number of methoxy groups -OCH3 is 2. The topological polar surface area (TPSA) is 62.3 Å². The highest BCUT2D eigenvalue weighted by molar-refractivity contribution is 5.73. The van der Waals surface area contributed by atoms with E-state index in [4.69, 9.17) is 20.2 Å². The fraction of sp³-hybridized carbons (Fsp3) is 0.438. The van der Waals surface area contributed by atoms with Crippen molar-refractivity contribution in [2.75, 3.05) is 20.0 Å². The Hall–Kier alpha value is -2.17. The van der Waals surface area contributed by atoms with Crippen molar-refractivity contribution >= 4 is 5.82 Å². The molecule has 0 aliphatic heterocycles. The third-order valence-electron chi connectivity index (χ3n) is 3.53. The minimum absolute atomic E-state index is 0.678. The lowest BCUT2D eigenvalue weighted by molar-refractivity contribution is 0.355. The highest BCUT2D eigenvalue weighted by Crippen LogP contribution is 2.34. The summed E-state index contributed by atoms with van der Waals surface area (Å²) in [5.41, 5.74) is 8.01. The lowest BCUT2D eigenvalue weighted by Crippen LogP contribution is -2.05. The third kappa shape index (κ3) is 2.82. The first-order valence-electron chi connectivity index (χ1n) is 7.23. The zero-order chi connectivity index (χ0) is 15.4. The average molecular weight is 289 g/mol. The Morgan fingerprint density at radius 1 is 1.14 bits per heavy atom. The molecule has 0 radical (unpaired) electrons. The van der Waals surface area contributed by atoms with Crippen LogP contribution in [-0.2, 0) is 13.0 Å². The van der Waals surface area contributed by atoms with E-state index in [9.17, 15) is 0 Å². The van der Waals surface area contributed by atoms with Gasteiger partial charge in [-0.3, -0.25) is 0 Å². The predicted molar refractivity (Wildman–Crippen MR) is 84.8 cm³/mol. The van der Waals surface area contributed by atoms with Crippen LogP contribution in [0.1, 0.15) is 26.1 Å². The highest BCUT2D eigenvalue weighted by Gasteiger charge is 2.16. The minimum Gasteiger partial charge on any atom is -0.493 e. The molecule has 2 N–H and O–H groups in total. The van der Waals surface area contributed by atoms with Gasteiger partial charge in [0.25, 0.3) is 0 Å². The number of nitrogen functional groups attached to an aromatic ring is 1. The minimum atomic E-state index is 0.678. The summed E-state index contributed by atoms with van der Waals surface area (Å²) in [6, 6.07) is 5.74. The number of ether oxygens (including phenoxy) is 2. The second-order valence-electron chi connectivity index (χ2n) is 4.83. The van der Waals surface area contributed by atoms with Crippen molar-refractivity contribution in [1.82, 2.24) is 9.55 Å². The van der Waals surface area contributed by atoms with Gasteiger partial charge in [0.1, 0.15) is 17.3 Å². The zero-order valence-electron chi connectivity index (χ0n) is 13.1. The van der Waals surface area contributed by atoms with Crippen molar-refractivity contribution in [3.63, 3.8) is 0 Å². The van der Waals surface area contributed by atoms with Crippen LogP contribution in [0.15, 0.2) is 18.2 Å². The van der Waals surface area contributed by atoms with Gasteiger partial charge >= 0.3 is 0 Å². The Morgan fingerprint density at radius 3 is 2.43 bits per heavy atom. The lowest BCUT2D eigenvalue weighted by atomic mass is 10.1. The first-order chi connectivity index (χ1) is 10.2. The molecule has 0 atom stereocenters. The number of aromatic nitrogens is 2. The van der Waals surface area contributed by atoms with Crippen LogP contribution >= 0.6 is 0 Å². The van der Waals surface area contributed by atoms with Crippen molar-refractivity contribution in [1.29, 1.82) is 0 Å². The van der Waals surface area contributed by atoms with E-state index in [-0.39, 0.29) is 0 Å². The molecule has 0 unspecified atom stereocenters. The maximum absolute atomic E-state index is 6.27. The van der Waals surface area contributed by atoms with Crippen LogP contribution < -0.4 is 15.2 Å². The number of aryl methyl sites for hydroxylation is 1. The molecular formula is C16H23N3O2. The Balaban J connectivity index is 2.51. The van der Waals surface area contributed by atoms with E-state index in [1.165, 1.54) is 0 Å². The van der Waals surface area contributed by atoms with E-state index >= 15 is 0 Å². The number of hydrogen-bond acceptors (Lipinski definition) is 4. The molecule has 2 rings (SSSR count). The summed E-state index contributed by atoms with van der Waals surface area (Å²) in [4.78, 5) is 4.71. The summed E-state index contributed by atoms with van der Waals surface area (Å²) in [6.07, 6.45) is 1.97. The fourth-order valence-corrected chi connectivity index (χ4v) is 2.48. The number of anilines is 1. The normalized spacial score (nSPS) is 10.7. The second kappa shape index (κ2) is 6.52. The first-order valence-corrected chi connectivity index (χ1v) is 7.23. The summed E-state index contributed by atoms with van der Waals surface area (Å²) in [5, 5.41) is 0. The molecule has 0 spiro atoms. The van der Waals surface area contributed by atoms with Gasteiger partial charge in [-0.1, -0.05) is 6.92 Å². The monoisotopic (exact) mass is 289 g/mol. The molecule has 1 aromatic heterocycles. The van der Waals surface area contributed by atoms with Crippen molar-refractivity contribution in [3.8, 4) is 22.8 Å². The smallest absolute Gasteiger partial charge is 0.161 e. The SMILES string of the molecule is CCCc1nc(-c2ccc(OC)c(OC)c2)c(N)n1CC. The Bertz CT molecular complexity index is 620. The zero-order valence-corrected chi connectivity index (χ0v) is 13.1. The van der Waals surface area contributed by atoms with E-state index in [1.54, 1.807) is 14.2 Å². The molecule has 0 fully saturated rings. The molecule has 1 heterocycles. The third-order valence-corrected chi connectivity index (χ3v) is 3.53. The lowest BCUT2D eigenvalue weighted by Gasteiger charge is -2.09. The Morgan fingerprint density at radius 2 is 1.86 bits per heavy atom. The molecule has 0 saturated heterocycles. The van der Waals surface area contributed by atoms with Crippen molar-refractivity contribution < 1.29 is 9.47 Å². The molecule has 114 valence electrons. The molecule has 0 aliphatic carbocycles. The number of nitrogens with zero attached hydrogens (tertiary/aromatic N) is 2. The van der Waals surface area contributed by atoms with Crippen LogP contribution in [0.2, 0.25) is 0 Å². The van der Waals surface area contributed by atoms with E-state index < -0.39 is 0 Å². The number of hydrogen-bond donors (Lipinski definition) is 1. The number of nitrogens with two attached hydrogens (primary N) is 1. The van der Waals surface area contributed by atoms with Crippen molar-refractivity contribution in [3.05, 3.63) is 24.0 Å². The maximum atomic E-state index is 6.27. The molecule has 2 aromatic rings. The summed E-state index contributed by atoms with van der Waals surface area (Å²) >= 11 is 0. The molecule has 0 amide bonds. The molecule has 1 aromatic carbocycles. The van der Waals surface area contributed by atoms with Gasteiger partial charge in [0.15, 0.2) is 11.5 Å². The molecular weight excluding hydrogens is 266 g/mol. The summed E-state index contributed by atoms with van der Waals surface area (Å²) < 4.78 is 12.7. The van der Waals surface area contributed by atoms with Crippen LogP contribution in [-0.4, -0.2) is 23.8 Å². The summed E-state index contributed by atoms with van der Waals surface area (Å²) in [6.45, 7) is 5.04. The molecule has 0 saturated carbocycles. The largest absolute Gasteiger partial charge is 0.493 e. The number of rotatable bonds is 6. The molecule has 0 aliphatic rings. The van der Waals surface area contributed by atoms with Crippen LogP contribution in [0.5, 0.6) is 11.5 Å². The van der Waals surface area contributed by atoms with Gasteiger partial charge in [-0.05, 0) is 31.5 Å². The van der Waals surface area contributed by atoms with Gasteiger partial charge in [-0.15, -0.1) is 0 Å². The van der Waals surface area contributed by atoms with Crippen molar-refractivity contribution in [2.24, 2.45) is 0 Å². The number of benzene rings is 1. The Labute approximate surface area is 125 Å². The van der Waals surface area contributed by atoms with Crippen LogP contribution in [0.3, 0.4) is 0 Å². The summed E-state index contributed by atoms with van der Waals surface area (Å²) in [5.74, 6) is 3.11. The fourth-order valence-electron chi connectivity index (χ4n) is 2.48. The van der Waals surface area contributed by atoms with Crippen LogP contribution in [0, 0.1) is 0 Å². The van der Waals surface area contributed by atoms with Gasteiger partial charge in [0, 0.05) is 18.5 Å². The molecule has 0 bridgehead atoms. The van der Waals surface area contributed by atoms with E-state index in [1.807, 2.05) is 18.2 Å². The first kappa shape index (κ1) is 15.2. The van der Waals surface area contributed by atoms with Gasteiger partial charge in [-0.2, -0.15) is 0 Å².